The molecule has 1 saturated carbocycles. The molecule has 1 unspecified atom stereocenters. The number of hydrogen-bond acceptors (Lipinski definition) is 4. The number of Topliss-reactive ketones (excluding diaryl/α,β-unsaturated/α-hetero) is 2. The van der Waals surface area contributed by atoms with Crippen LogP contribution in [0.2, 0.25) is 0 Å². The molecule has 1 fully saturated rings. The van der Waals surface area contributed by atoms with Gasteiger partial charge in [0.25, 0.3) is 0 Å². The fourth-order valence-electron chi connectivity index (χ4n) is 2.95. The molecule has 0 N–H and O–H groups in total. The van der Waals surface area contributed by atoms with Gasteiger partial charge in [-0.05, 0) is 38.3 Å². The number of ketones is 2. The number of carbonyl (C=O) groups is 2. The van der Waals surface area contributed by atoms with Gasteiger partial charge in [0.05, 0.1) is 4.90 Å². The Hall–Kier alpha value is -1.49. The summed E-state index contributed by atoms with van der Waals surface area (Å²) in [7, 11) is -3.77. The van der Waals surface area contributed by atoms with Gasteiger partial charge in [-0.1, -0.05) is 24.6 Å². The van der Waals surface area contributed by atoms with Crippen molar-refractivity contribution in [2.45, 2.75) is 55.1 Å². The first kappa shape index (κ1) is 15.9. The number of benzene rings is 1. The number of carbonyl (C=O) groups excluding carboxylic acids is 2. The summed E-state index contributed by atoms with van der Waals surface area (Å²) < 4.78 is 24.6. The van der Waals surface area contributed by atoms with Crippen LogP contribution in [0.4, 0.5) is 0 Å². The molecule has 1 aromatic rings. The van der Waals surface area contributed by atoms with E-state index in [1.807, 2.05) is 0 Å². The molecular weight excluding hydrogens is 288 g/mol. The molecule has 1 aliphatic rings. The minimum atomic E-state index is -3.77. The van der Waals surface area contributed by atoms with Crippen molar-refractivity contribution in [3.8, 4) is 0 Å². The lowest BCUT2D eigenvalue weighted by Gasteiger charge is -2.35. The lowest BCUT2D eigenvalue weighted by atomic mass is 9.83. The van der Waals surface area contributed by atoms with E-state index in [0.29, 0.717) is 12.8 Å². The van der Waals surface area contributed by atoms with Crippen molar-refractivity contribution in [2.75, 3.05) is 0 Å². The molecular formula is C16H20O4S. The molecule has 5 heteroatoms. The smallest absolute Gasteiger partial charge is 0.191 e. The molecule has 0 aliphatic heterocycles. The Bertz CT molecular complexity index is 634. The normalized spacial score (nSPS) is 23.0. The zero-order valence-electron chi connectivity index (χ0n) is 12.2. The van der Waals surface area contributed by atoms with E-state index in [-0.39, 0.29) is 35.7 Å². The summed E-state index contributed by atoms with van der Waals surface area (Å²) in [6.07, 6.45) is 2.25. The van der Waals surface area contributed by atoms with Crippen LogP contribution in [0.3, 0.4) is 0 Å². The third-order valence-corrected chi connectivity index (χ3v) is 6.75. The SMILES string of the molecule is CC(=O)CCC1(S(=O)(=O)c2ccccc2)CCCCC1=O. The molecule has 0 aromatic heterocycles. The molecule has 0 saturated heterocycles. The molecule has 2 rings (SSSR count). The van der Waals surface area contributed by atoms with Crippen molar-refractivity contribution in [3.63, 3.8) is 0 Å². The van der Waals surface area contributed by atoms with Gasteiger partial charge >= 0.3 is 0 Å². The van der Waals surface area contributed by atoms with Crippen LogP contribution in [0.1, 0.15) is 45.4 Å². The maximum Gasteiger partial charge on any atom is 0.191 e. The highest BCUT2D eigenvalue weighted by molar-refractivity contribution is 7.93. The maximum atomic E-state index is 13.0. The fraction of sp³-hybridized carbons (Fsp3) is 0.500. The monoisotopic (exact) mass is 308 g/mol. The van der Waals surface area contributed by atoms with E-state index in [1.54, 1.807) is 18.2 Å². The van der Waals surface area contributed by atoms with Crippen LogP contribution < -0.4 is 0 Å². The van der Waals surface area contributed by atoms with Crippen LogP contribution in [0.5, 0.6) is 0 Å². The first-order valence-electron chi connectivity index (χ1n) is 7.22. The molecule has 114 valence electrons. The van der Waals surface area contributed by atoms with Crippen molar-refractivity contribution < 1.29 is 18.0 Å². The summed E-state index contributed by atoms with van der Waals surface area (Å²) in [6, 6.07) is 8.08. The molecule has 0 spiro atoms. The van der Waals surface area contributed by atoms with Gasteiger partial charge in [0.15, 0.2) is 15.6 Å². The second-order valence-electron chi connectivity index (χ2n) is 5.64. The van der Waals surface area contributed by atoms with Crippen LogP contribution in [0, 0.1) is 0 Å². The van der Waals surface area contributed by atoms with E-state index < -0.39 is 14.6 Å². The van der Waals surface area contributed by atoms with Gasteiger partial charge in [0.2, 0.25) is 0 Å². The van der Waals surface area contributed by atoms with Gasteiger partial charge in [-0.25, -0.2) is 8.42 Å². The molecule has 1 aliphatic carbocycles. The molecule has 0 bridgehead atoms. The fourth-order valence-corrected chi connectivity index (χ4v) is 5.10. The number of sulfone groups is 1. The van der Waals surface area contributed by atoms with Gasteiger partial charge in [-0.2, -0.15) is 0 Å². The highest BCUT2D eigenvalue weighted by Crippen LogP contribution is 2.40. The van der Waals surface area contributed by atoms with E-state index in [9.17, 15) is 18.0 Å². The van der Waals surface area contributed by atoms with Crippen LogP contribution in [0.25, 0.3) is 0 Å². The third-order valence-electron chi connectivity index (χ3n) is 4.19. The van der Waals surface area contributed by atoms with Crippen LogP contribution in [-0.2, 0) is 19.4 Å². The zero-order valence-corrected chi connectivity index (χ0v) is 13.0. The Kier molecular flexibility index (Phi) is 4.61. The Morgan fingerprint density at radius 3 is 2.43 bits per heavy atom. The number of rotatable bonds is 5. The van der Waals surface area contributed by atoms with E-state index in [4.69, 9.17) is 0 Å². The highest BCUT2D eigenvalue weighted by atomic mass is 32.2. The highest BCUT2D eigenvalue weighted by Gasteiger charge is 2.51. The van der Waals surface area contributed by atoms with E-state index in [1.165, 1.54) is 19.1 Å². The third kappa shape index (κ3) is 2.93. The topological polar surface area (TPSA) is 68.3 Å². The van der Waals surface area contributed by atoms with Crippen LogP contribution in [0.15, 0.2) is 35.2 Å². The molecule has 0 heterocycles. The van der Waals surface area contributed by atoms with Crippen molar-refractivity contribution in [1.29, 1.82) is 0 Å². The first-order chi connectivity index (χ1) is 9.90. The van der Waals surface area contributed by atoms with Crippen LogP contribution in [-0.4, -0.2) is 24.7 Å². The Morgan fingerprint density at radius 1 is 1.19 bits per heavy atom. The minimum Gasteiger partial charge on any atom is -0.300 e. The zero-order chi connectivity index (χ0) is 15.5. The van der Waals surface area contributed by atoms with E-state index in [0.717, 1.165) is 6.42 Å². The van der Waals surface area contributed by atoms with Gasteiger partial charge in [-0.15, -0.1) is 0 Å². The lowest BCUT2D eigenvalue weighted by molar-refractivity contribution is -0.123. The predicted molar refractivity (Wildman–Crippen MR) is 79.7 cm³/mol. The van der Waals surface area contributed by atoms with Crippen LogP contribution >= 0.6 is 0 Å². The Morgan fingerprint density at radius 2 is 1.86 bits per heavy atom. The second-order valence-corrected chi connectivity index (χ2v) is 7.90. The predicted octanol–water partition coefficient (Wildman–Crippen LogP) is 2.71. The summed E-state index contributed by atoms with van der Waals surface area (Å²) >= 11 is 0. The Labute approximate surface area is 125 Å². The van der Waals surface area contributed by atoms with E-state index >= 15 is 0 Å². The average Bonchev–Trinajstić information content (AvgIpc) is 2.47. The minimum absolute atomic E-state index is 0.0870. The van der Waals surface area contributed by atoms with Crippen molar-refractivity contribution in [1.82, 2.24) is 0 Å². The molecule has 21 heavy (non-hydrogen) atoms. The largest absolute Gasteiger partial charge is 0.300 e. The van der Waals surface area contributed by atoms with Gasteiger partial charge in [0, 0.05) is 12.8 Å². The molecule has 1 atom stereocenters. The van der Waals surface area contributed by atoms with Gasteiger partial charge in [0.1, 0.15) is 10.5 Å². The molecule has 0 amide bonds. The number of hydrogen-bond donors (Lipinski definition) is 0. The summed E-state index contributed by atoms with van der Waals surface area (Å²) in [5, 5.41) is 0. The van der Waals surface area contributed by atoms with Gasteiger partial charge in [-0.3, -0.25) is 4.79 Å². The van der Waals surface area contributed by atoms with Gasteiger partial charge < -0.3 is 4.79 Å². The first-order valence-corrected chi connectivity index (χ1v) is 8.71. The Balaban J connectivity index is 2.48. The summed E-state index contributed by atoms with van der Waals surface area (Å²) in [5.41, 5.74) is 0. The summed E-state index contributed by atoms with van der Waals surface area (Å²) in [4.78, 5) is 23.9. The van der Waals surface area contributed by atoms with E-state index in [2.05, 4.69) is 0 Å². The second kappa shape index (κ2) is 6.10. The summed E-state index contributed by atoms with van der Waals surface area (Å²) in [5.74, 6) is -0.324. The van der Waals surface area contributed by atoms with Crippen molar-refractivity contribution >= 4 is 21.4 Å². The lowest BCUT2D eigenvalue weighted by Crippen LogP contribution is -2.48. The molecule has 0 radical (unpaired) electrons. The molecule has 1 aromatic carbocycles. The quantitative estimate of drug-likeness (QED) is 0.838. The molecule has 4 nitrogen and oxygen atoms in total. The standard InChI is InChI=1S/C16H20O4S/c1-13(17)10-12-16(11-6-5-9-15(16)18)21(19,20)14-7-3-2-4-8-14/h2-4,7-8H,5-6,9-12H2,1H3. The van der Waals surface area contributed by atoms with Crippen molar-refractivity contribution in [2.24, 2.45) is 0 Å². The maximum absolute atomic E-state index is 13.0. The summed E-state index contributed by atoms with van der Waals surface area (Å²) in [6.45, 7) is 1.43. The van der Waals surface area contributed by atoms with Crippen molar-refractivity contribution in [3.05, 3.63) is 30.3 Å². The average molecular weight is 308 g/mol.